The number of hydrogen-bond donors (Lipinski definition) is 0. The molecule has 1 atom stereocenters. The molecule has 1 amide bonds. The number of nitrogens with zero attached hydrogens (tertiary/aromatic N) is 1. The first kappa shape index (κ1) is 18.8. The first-order chi connectivity index (χ1) is 11.3. The highest BCUT2D eigenvalue weighted by Crippen LogP contribution is 2.20. The second-order valence-corrected chi connectivity index (χ2v) is 8.89. The van der Waals surface area contributed by atoms with Crippen molar-refractivity contribution < 1.29 is 17.9 Å². The molecular formula is C18H27NO4S. The van der Waals surface area contributed by atoms with Crippen molar-refractivity contribution in [3.05, 3.63) is 29.8 Å². The Morgan fingerprint density at radius 3 is 2.46 bits per heavy atom. The maximum absolute atomic E-state index is 12.5. The van der Waals surface area contributed by atoms with E-state index < -0.39 is 9.84 Å². The fourth-order valence-electron chi connectivity index (χ4n) is 2.95. The van der Waals surface area contributed by atoms with Crippen LogP contribution < -0.4 is 4.74 Å². The molecule has 0 radical (unpaired) electrons. The molecule has 1 aliphatic heterocycles. The molecule has 5 nitrogen and oxygen atoms in total. The summed E-state index contributed by atoms with van der Waals surface area (Å²) in [5, 5.41) is 0. The van der Waals surface area contributed by atoms with Gasteiger partial charge in [0.2, 0.25) is 0 Å². The third-order valence-electron chi connectivity index (χ3n) is 4.34. The van der Waals surface area contributed by atoms with Gasteiger partial charge in [-0.2, -0.15) is 0 Å². The number of rotatable bonds is 7. The number of ether oxygens (including phenoxy) is 1. The van der Waals surface area contributed by atoms with Gasteiger partial charge in [-0.15, -0.1) is 0 Å². The lowest BCUT2D eigenvalue weighted by atomic mass is 10.0. The van der Waals surface area contributed by atoms with Gasteiger partial charge in [0.25, 0.3) is 5.91 Å². The minimum absolute atomic E-state index is 0.0580. The summed E-state index contributed by atoms with van der Waals surface area (Å²) in [7, 11) is -3.01. The van der Waals surface area contributed by atoms with Gasteiger partial charge in [-0.25, -0.2) is 8.42 Å². The van der Waals surface area contributed by atoms with Gasteiger partial charge in [-0.05, 0) is 36.5 Å². The van der Waals surface area contributed by atoms with Crippen molar-refractivity contribution in [2.24, 2.45) is 0 Å². The van der Waals surface area contributed by atoms with Crippen LogP contribution in [0.4, 0.5) is 0 Å². The van der Waals surface area contributed by atoms with Gasteiger partial charge in [0.05, 0.1) is 11.5 Å². The third kappa shape index (κ3) is 4.97. The van der Waals surface area contributed by atoms with Crippen molar-refractivity contribution in [2.75, 3.05) is 24.7 Å². The zero-order valence-electron chi connectivity index (χ0n) is 14.7. The molecule has 1 fully saturated rings. The number of carbonyl (C=O) groups is 1. The van der Waals surface area contributed by atoms with Crippen LogP contribution in [-0.4, -0.2) is 49.9 Å². The van der Waals surface area contributed by atoms with Crippen LogP contribution in [-0.2, 0) is 14.6 Å². The monoisotopic (exact) mass is 353 g/mol. The smallest absolute Gasteiger partial charge is 0.260 e. The van der Waals surface area contributed by atoms with Crippen LogP contribution in [0.2, 0.25) is 0 Å². The van der Waals surface area contributed by atoms with Crippen molar-refractivity contribution >= 4 is 15.7 Å². The minimum Gasteiger partial charge on any atom is -0.484 e. The summed E-state index contributed by atoms with van der Waals surface area (Å²) in [5.41, 5.74) is 1.22. The average molecular weight is 353 g/mol. The first-order valence-corrected chi connectivity index (χ1v) is 10.4. The van der Waals surface area contributed by atoms with Crippen LogP contribution in [0, 0.1) is 0 Å². The molecule has 0 aromatic heterocycles. The Morgan fingerprint density at radius 2 is 1.96 bits per heavy atom. The Morgan fingerprint density at radius 1 is 1.29 bits per heavy atom. The van der Waals surface area contributed by atoms with Gasteiger partial charge >= 0.3 is 0 Å². The maximum atomic E-state index is 12.5. The summed E-state index contributed by atoms with van der Waals surface area (Å²) in [6.07, 6.45) is 1.32. The highest BCUT2D eigenvalue weighted by molar-refractivity contribution is 7.91. The van der Waals surface area contributed by atoms with Crippen molar-refractivity contribution in [1.29, 1.82) is 0 Å². The van der Waals surface area contributed by atoms with Gasteiger partial charge in [0, 0.05) is 12.6 Å². The fraction of sp³-hybridized carbons (Fsp3) is 0.611. The molecule has 134 valence electrons. The van der Waals surface area contributed by atoms with Gasteiger partial charge in [0.1, 0.15) is 5.75 Å². The zero-order chi connectivity index (χ0) is 17.7. The number of benzene rings is 1. The largest absolute Gasteiger partial charge is 0.484 e. The van der Waals surface area contributed by atoms with Gasteiger partial charge in [-0.3, -0.25) is 4.79 Å². The summed E-state index contributed by atoms with van der Waals surface area (Å²) in [4.78, 5) is 14.2. The lowest BCUT2D eigenvalue weighted by Crippen LogP contribution is -2.44. The summed E-state index contributed by atoms with van der Waals surface area (Å²) in [5.74, 6) is 1.20. The Hall–Kier alpha value is -1.56. The molecule has 0 saturated carbocycles. The molecule has 1 aromatic carbocycles. The Kier molecular flexibility index (Phi) is 6.27. The standard InChI is InChI=1S/C18H27NO4S/c1-4-10-19(16-9-11-24(21,22)13-16)18(20)12-23-17-7-5-15(6-8-17)14(2)3/h5-8,14,16H,4,9-13H2,1-3H3. The lowest BCUT2D eigenvalue weighted by Gasteiger charge is -2.27. The van der Waals surface area contributed by atoms with E-state index in [4.69, 9.17) is 4.74 Å². The highest BCUT2D eigenvalue weighted by atomic mass is 32.2. The topological polar surface area (TPSA) is 63.7 Å². The van der Waals surface area contributed by atoms with E-state index in [1.54, 1.807) is 4.90 Å². The summed E-state index contributed by atoms with van der Waals surface area (Å²) in [6, 6.07) is 7.52. The van der Waals surface area contributed by atoms with Gasteiger partial charge < -0.3 is 9.64 Å². The molecule has 2 rings (SSSR count). The van der Waals surface area contributed by atoms with Crippen molar-refractivity contribution in [3.63, 3.8) is 0 Å². The van der Waals surface area contributed by atoms with Gasteiger partial charge in [-0.1, -0.05) is 32.9 Å². The van der Waals surface area contributed by atoms with E-state index in [2.05, 4.69) is 13.8 Å². The minimum atomic E-state index is -3.01. The first-order valence-electron chi connectivity index (χ1n) is 8.55. The third-order valence-corrected chi connectivity index (χ3v) is 6.09. The number of hydrogen-bond acceptors (Lipinski definition) is 4. The molecule has 0 bridgehead atoms. The normalized spacial score (nSPS) is 19.4. The molecule has 1 aliphatic rings. The van der Waals surface area contributed by atoms with E-state index in [1.165, 1.54) is 5.56 Å². The molecule has 0 aliphatic carbocycles. The van der Waals surface area contributed by atoms with Crippen molar-refractivity contribution in [2.45, 2.75) is 45.6 Å². The molecular weight excluding hydrogens is 326 g/mol. The molecule has 6 heteroatoms. The predicted molar refractivity (Wildman–Crippen MR) is 95.1 cm³/mol. The summed E-state index contributed by atoms with van der Waals surface area (Å²) < 4.78 is 28.9. The SMILES string of the molecule is CCCN(C(=O)COc1ccc(C(C)C)cc1)C1CCS(=O)(=O)C1. The quantitative estimate of drug-likeness (QED) is 0.756. The summed E-state index contributed by atoms with van der Waals surface area (Å²) in [6.45, 7) is 6.73. The number of carbonyl (C=O) groups excluding carboxylic acids is 1. The lowest BCUT2D eigenvalue weighted by molar-refractivity contribution is -0.135. The molecule has 1 unspecified atom stereocenters. The Labute approximate surface area is 144 Å². The van der Waals surface area contributed by atoms with Gasteiger partial charge in [0.15, 0.2) is 16.4 Å². The molecule has 0 N–H and O–H groups in total. The van der Waals surface area contributed by atoms with E-state index in [-0.39, 0.29) is 30.1 Å². The molecule has 1 heterocycles. The van der Waals surface area contributed by atoms with E-state index >= 15 is 0 Å². The van der Waals surface area contributed by atoms with Crippen LogP contribution in [0.5, 0.6) is 5.75 Å². The average Bonchev–Trinajstić information content (AvgIpc) is 2.90. The number of amides is 1. The molecule has 24 heavy (non-hydrogen) atoms. The Bertz CT molecular complexity index is 652. The summed E-state index contributed by atoms with van der Waals surface area (Å²) >= 11 is 0. The predicted octanol–water partition coefficient (Wildman–Crippen LogP) is 2.61. The zero-order valence-corrected chi connectivity index (χ0v) is 15.5. The highest BCUT2D eigenvalue weighted by Gasteiger charge is 2.34. The van der Waals surface area contributed by atoms with Crippen LogP contribution >= 0.6 is 0 Å². The maximum Gasteiger partial charge on any atom is 0.260 e. The molecule has 1 saturated heterocycles. The Balaban J connectivity index is 1.95. The van der Waals surface area contributed by atoms with Crippen LogP contribution in [0.3, 0.4) is 0 Å². The second kappa shape index (κ2) is 8.01. The second-order valence-electron chi connectivity index (χ2n) is 6.66. The van der Waals surface area contributed by atoms with Crippen molar-refractivity contribution in [3.8, 4) is 5.75 Å². The van der Waals surface area contributed by atoms with E-state index in [0.717, 1.165) is 6.42 Å². The fourth-order valence-corrected chi connectivity index (χ4v) is 4.68. The number of sulfone groups is 1. The van der Waals surface area contributed by atoms with Crippen molar-refractivity contribution in [1.82, 2.24) is 4.90 Å². The van der Waals surface area contributed by atoms with Crippen LogP contribution in [0.15, 0.2) is 24.3 Å². The van der Waals surface area contributed by atoms with Crippen LogP contribution in [0.25, 0.3) is 0 Å². The van der Waals surface area contributed by atoms with E-state index in [9.17, 15) is 13.2 Å². The van der Waals surface area contributed by atoms with E-state index in [0.29, 0.717) is 24.6 Å². The molecule has 1 aromatic rings. The molecule has 0 spiro atoms. The van der Waals surface area contributed by atoms with Crippen LogP contribution in [0.1, 0.15) is 45.1 Å². The van der Waals surface area contributed by atoms with E-state index in [1.807, 2.05) is 31.2 Å².